The van der Waals surface area contributed by atoms with Gasteiger partial charge in [-0.25, -0.2) is 9.97 Å². The number of aliphatic hydroxyl groups is 1. The molecule has 0 spiro atoms. The highest BCUT2D eigenvalue weighted by molar-refractivity contribution is 6.30. The monoisotopic (exact) mass is 346 g/mol. The molecule has 2 aromatic heterocycles. The number of hydrogen-bond donors (Lipinski definition) is 1. The van der Waals surface area contributed by atoms with Crippen LogP contribution in [0.1, 0.15) is 25.3 Å². The highest BCUT2D eigenvalue weighted by atomic mass is 35.5. The van der Waals surface area contributed by atoms with Gasteiger partial charge in [-0.05, 0) is 37.1 Å². The predicted molar refractivity (Wildman–Crippen MR) is 78.4 cm³/mol. The maximum absolute atomic E-state index is 12.4. The number of nitrogens with zero attached hydrogens (tertiary/aromatic N) is 2. The van der Waals surface area contributed by atoms with Crippen LogP contribution in [-0.2, 0) is 5.60 Å². The fourth-order valence-electron chi connectivity index (χ4n) is 2.62. The largest absolute Gasteiger partial charge is 0.468 e. The normalized spacial score (nSPS) is 18.0. The van der Waals surface area contributed by atoms with E-state index in [-0.39, 0.29) is 22.3 Å². The molecule has 1 N–H and O–H groups in total. The average molecular weight is 347 g/mol. The molecule has 1 unspecified atom stereocenters. The van der Waals surface area contributed by atoms with Crippen molar-refractivity contribution >= 4 is 22.4 Å². The minimum absolute atomic E-state index is 0.0985. The van der Waals surface area contributed by atoms with Gasteiger partial charge in [0.2, 0.25) is 5.88 Å². The molecular formula is C15H14ClF3N2O2. The first-order valence-electron chi connectivity index (χ1n) is 7.05. The van der Waals surface area contributed by atoms with Crippen molar-refractivity contribution in [2.75, 3.05) is 6.61 Å². The quantitative estimate of drug-likeness (QED) is 0.855. The van der Waals surface area contributed by atoms with Gasteiger partial charge in [-0.15, -0.1) is 0 Å². The summed E-state index contributed by atoms with van der Waals surface area (Å²) in [6.07, 6.45) is -0.0309. The summed E-state index contributed by atoms with van der Waals surface area (Å²) in [7, 11) is 0. The number of fused-ring (bicyclic) bond motifs is 1. The molecule has 2 aromatic rings. The maximum atomic E-state index is 12.4. The third kappa shape index (κ3) is 3.35. The summed E-state index contributed by atoms with van der Waals surface area (Å²) in [5, 5.41) is 11.7. The van der Waals surface area contributed by atoms with Gasteiger partial charge in [0.1, 0.15) is 5.15 Å². The van der Waals surface area contributed by atoms with Crippen molar-refractivity contribution in [3.63, 3.8) is 0 Å². The van der Waals surface area contributed by atoms with Crippen molar-refractivity contribution in [2.45, 2.75) is 31.5 Å². The van der Waals surface area contributed by atoms with E-state index in [1.165, 1.54) is 18.5 Å². The maximum Gasteiger partial charge on any atom is 0.422 e. The summed E-state index contributed by atoms with van der Waals surface area (Å²) in [6.45, 7) is 0.224. The topological polar surface area (TPSA) is 55.2 Å². The average Bonchev–Trinajstić information content (AvgIpc) is 3.28. The molecule has 0 amide bonds. The zero-order chi connectivity index (χ0) is 16.8. The van der Waals surface area contributed by atoms with Gasteiger partial charge in [0.05, 0.1) is 11.0 Å². The highest BCUT2D eigenvalue weighted by Crippen LogP contribution is 2.47. The first-order valence-corrected chi connectivity index (χ1v) is 7.43. The van der Waals surface area contributed by atoms with E-state index in [4.69, 9.17) is 16.3 Å². The zero-order valence-corrected chi connectivity index (χ0v) is 12.9. The van der Waals surface area contributed by atoms with Gasteiger partial charge in [0.25, 0.3) is 0 Å². The number of hydrogen-bond acceptors (Lipinski definition) is 4. The Hall–Kier alpha value is -1.60. The summed E-state index contributed by atoms with van der Waals surface area (Å²) < 4.78 is 41.8. The summed E-state index contributed by atoms with van der Waals surface area (Å²) in [5.74, 6) is -0.0850. The standard InChI is InChI=1S/C15H14ClF3N2O2/c1-14(22,8-2-3-8)11-6-21-13(23-7-15(17,18)19)10-5-20-12(16)4-9(10)11/h4-6,8,22H,2-3,7H2,1H3. The lowest BCUT2D eigenvalue weighted by Gasteiger charge is -2.25. The highest BCUT2D eigenvalue weighted by Gasteiger charge is 2.42. The number of alkyl halides is 3. The molecular weight excluding hydrogens is 333 g/mol. The van der Waals surface area contributed by atoms with Gasteiger partial charge in [0.15, 0.2) is 6.61 Å². The van der Waals surface area contributed by atoms with Crippen LogP contribution >= 0.6 is 11.6 Å². The number of rotatable bonds is 4. The van der Waals surface area contributed by atoms with Crippen LogP contribution in [0.5, 0.6) is 5.88 Å². The Morgan fingerprint density at radius 2 is 1.96 bits per heavy atom. The molecule has 0 bridgehead atoms. The second kappa shape index (κ2) is 5.49. The Balaban J connectivity index is 2.08. The van der Waals surface area contributed by atoms with Crippen LogP contribution in [0, 0.1) is 5.92 Å². The minimum Gasteiger partial charge on any atom is -0.468 e. The molecule has 124 valence electrons. The van der Waals surface area contributed by atoms with Gasteiger partial charge in [-0.3, -0.25) is 0 Å². The van der Waals surface area contributed by atoms with Crippen molar-refractivity contribution in [3.05, 3.63) is 29.2 Å². The molecule has 2 heterocycles. The fraction of sp³-hybridized carbons (Fsp3) is 0.467. The molecule has 8 heteroatoms. The smallest absolute Gasteiger partial charge is 0.422 e. The van der Waals surface area contributed by atoms with Gasteiger partial charge in [-0.1, -0.05) is 11.6 Å². The molecule has 1 fully saturated rings. The molecule has 23 heavy (non-hydrogen) atoms. The fourth-order valence-corrected chi connectivity index (χ4v) is 2.78. The molecule has 0 aliphatic heterocycles. The first kappa shape index (κ1) is 16.3. The molecule has 0 radical (unpaired) electrons. The first-order chi connectivity index (χ1) is 10.7. The van der Waals surface area contributed by atoms with Crippen LogP contribution in [0.3, 0.4) is 0 Å². The van der Waals surface area contributed by atoms with Crippen LogP contribution in [-0.4, -0.2) is 27.9 Å². The Labute approximate surface area is 135 Å². The van der Waals surface area contributed by atoms with E-state index >= 15 is 0 Å². The van der Waals surface area contributed by atoms with Crippen molar-refractivity contribution < 1.29 is 23.0 Å². The van der Waals surface area contributed by atoms with E-state index in [0.29, 0.717) is 10.9 Å². The van der Waals surface area contributed by atoms with E-state index in [9.17, 15) is 18.3 Å². The van der Waals surface area contributed by atoms with Crippen LogP contribution < -0.4 is 4.74 Å². The molecule has 3 rings (SSSR count). The van der Waals surface area contributed by atoms with E-state index in [1.807, 2.05) is 0 Å². The van der Waals surface area contributed by atoms with Crippen LogP contribution in [0.15, 0.2) is 18.5 Å². The second-order valence-corrected chi connectivity index (χ2v) is 6.24. The van der Waals surface area contributed by atoms with Gasteiger partial charge < -0.3 is 9.84 Å². The van der Waals surface area contributed by atoms with Crippen molar-refractivity contribution in [1.82, 2.24) is 9.97 Å². The Morgan fingerprint density at radius 1 is 1.26 bits per heavy atom. The second-order valence-electron chi connectivity index (χ2n) is 5.86. The van der Waals surface area contributed by atoms with E-state index in [2.05, 4.69) is 9.97 Å². The lowest BCUT2D eigenvalue weighted by Crippen LogP contribution is -2.25. The van der Waals surface area contributed by atoms with Crippen molar-refractivity contribution in [2.24, 2.45) is 5.92 Å². The summed E-state index contributed by atoms with van der Waals surface area (Å²) in [5.41, 5.74) is -0.614. The molecule has 0 saturated heterocycles. The number of ether oxygens (including phenoxy) is 1. The summed E-state index contributed by atoms with van der Waals surface area (Å²) in [6, 6.07) is 1.51. The van der Waals surface area contributed by atoms with Gasteiger partial charge >= 0.3 is 6.18 Å². The third-order valence-electron chi connectivity index (χ3n) is 3.99. The van der Waals surface area contributed by atoms with Crippen LogP contribution in [0.25, 0.3) is 10.8 Å². The third-order valence-corrected chi connectivity index (χ3v) is 4.20. The number of aromatic nitrogens is 2. The van der Waals surface area contributed by atoms with Gasteiger partial charge in [-0.2, -0.15) is 13.2 Å². The molecule has 4 nitrogen and oxygen atoms in total. The number of pyridine rings is 2. The Kier molecular flexibility index (Phi) is 3.88. The van der Waals surface area contributed by atoms with Crippen molar-refractivity contribution in [3.8, 4) is 5.88 Å². The molecule has 0 aromatic carbocycles. The molecule has 1 saturated carbocycles. The Morgan fingerprint density at radius 3 is 2.57 bits per heavy atom. The van der Waals surface area contributed by atoms with Crippen molar-refractivity contribution in [1.29, 1.82) is 0 Å². The zero-order valence-electron chi connectivity index (χ0n) is 12.2. The SMILES string of the molecule is CC(O)(c1cnc(OCC(F)(F)F)c2cnc(Cl)cc12)C1CC1. The summed E-state index contributed by atoms with van der Waals surface area (Å²) in [4.78, 5) is 7.83. The van der Waals surface area contributed by atoms with Crippen LogP contribution in [0.4, 0.5) is 13.2 Å². The van der Waals surface area contributed by atoms with Gasteiger partial charge in [0, 0.05) is 18.0 Å². The van der Waals surface area contributed by atoms with E-state index < -0.39 is 18.4 Å². The number of halogens is 4. The Bertz CT molecular complexity index is 745. The van der Waals surface area contributed by atoms with E-state index in [0.717, 1.165) is 12.8 Å². The lowest BCUT2D eigenvalue weighted by molar-refractivity contribution is -0.153. The van der Waals surface area contributed by atoms with Crippen LogP contribution in [0.2, 0.25) is 5.15 Å². The predicted octanol–water partition coefficient (Wildman–Crippen LogP) is 3.84. The molecule has 1 aliphatic carbocycles. The molecule has 1 atom stereocenters. The summed E-state index contributed by atoms with van der Waals surface area (Å²) >= 11 is 5.90. The molecule has 1 aliphatic rings. The lowest BCUT2D eigenvalue weighted by atomic mass is 9.89. The van der Waals surface area contributed by atoms with E-state index in [1.54, 1.807) is 6.92 Å². The minimum atomic E-state index is -4.47.